The van der Waals surface area contributed by atoms with Crippen LogP contribution in [0.3, 0.4) is 0 Å². The van der Waals surface area contributed by atoms with E-state index in [9.17, 15) is 0 Å². The molecule has 0 radical (unpaired) electrons. The fraction of sp³-hybridized carbons (Fsp3) is 0.154. The second-order valence-electron chi connectivity index (χ2n) is 3.86. The summed E-state index contributed by atoms with van der Waals surface area (Å²) in [6, 6.07) is 9.69. The molecule has 0 aliphatic rings. The molecule has 90 valence electrons. The molecule has 0 N–H and O–H groups in total. The molecule has 2 rings (SSSR count). The van der Waals surface area contributed by atoms with Crippen LogP contribution in [0.2, 0.25) is 0 Å². The summed E-state index contributed by atoms with van der Waals surface area (Å²) in [6.07, 6.45) is 3.23. The Morgan fingerprint density at radius 3 is 3.00 bits per heavy atom. The molecule has 0 aliphatic heterocycles. The van der Waals surface area contributed by atoms with Crippen LogP contribution in [0.4, 0.5) is 5.82 Å². The van der Waals surface area contributed by atoms with E-state index >= 15 is 0 Å². The Labute approximate surface area is 114 Å². The number of nitriles is 1. The van der Waals surface area contributed by atoms with Gasteiger partial charge >= 0.3 is 0 Å². The highest BCUT2D eigenvalue weighted by atomic mass is 79.9. The van der Waals surface area contributed by atoms with Crippen molar-refractivity contribution in [2.45, 2.75) is 6.54 Å². The number of rotatable bonds is 3. The molecule has 2 aromatic rings. The van der Waals surface area contributed by atoms with Gasteiger partial charge in [-0.1, -0.05) is 12.1 Å². The van der Waals surface area contributed by atoms with Crippen LogP contribution >= 0.6 is 15.9 Å². The number of anilines is 1. The Morgan fingerprint density at radius 1 is 1.44 bits per heavy atom. The topological polar surface area (TPSA) is 52.8 Å². The van der Waals surface area contributed by atoms with E-state index in [0.29, 0.717) is 12.1 Å². The number of halogens is 1. The number of aromatic nitrogens is 2. The molecule has 0 atom stereocenters. The molecule has 4 nitrogen and oxygen atoms in total. The van der Waals surface area contributed by atoms with Crippen LogP contribution in [0.1, 0.15) is 11.1 Å². The molecule has 0 amide bonds. The monoisotopic (exact) mass is 302 g/mol. The molecule has 0 fully saturated rings. The van der Waals surface area contributed by atoms with Gasteiger partial charge in [0.25, 0.3) is 0 Å². The Kier molecular flexibility index (Phi) is 3.90. The Bertz CT molecular complexity index is 592. The standard InChI is InChI=1S/C13H11BrN4/c1-18(13-12(14)7-16-9-17-13)8-11-4-2-3-10(5-11)6-15/h2-5,7,9H,8H2,1H3. The smallest absolute Gasteiger partial charge is 0.146 e. The minimum Gasteiger partial charge on any atom is -0.354 e. The third-order valence-electron chi connectivity index (χ3n) is 2.49. The average molecular weight is 303 g/mol. The molecule has 18 heavy (non-hydrogen) atoms. The fourth-order valence-corrected chi connectivity index (χ4v) is 2.20. The predicted octanol–water partition coefficient (Wildman–Crippen LogP) is 2.75. The van der Waals surface area contributed by atoms with Crippen molar-refractivity contribution in [1.29, 1.82) is 5.26 Å². The zero-order chi connectivity index (χ0) is 13.0. The van der Waals surface area contributed by atoms with E-state index in [4.69, 9.17) is 5.26 Å². The van der Waals surface area contributed by atoms with Crippen molar-refractivity contribution in [3.8, 4) is 6.07 Å². The molecule has 0 spiro atoms. The van der Waals surface area contributed by atoms with Crippen LogP contribution in [0.25, 0.3) is 0 Å². The Balaban J connectivity index is 2.19. The highest BCUT2D eigenvalue weighted by molar-refractivity contribution is 9.10. The lowest BCUT2D eigenvalue weighted by Crippen LogP contribution is -2.18. The van der Waals surface area contributed by atoms with E-state index in [2.05, 4.69) is 32.0 Å². The van der Waals surface area contributed by atoms with Gasteiger partial charge in [0.15, 0.2) is 0 Å². The van der Waals surface area contributed by atoms with Gasteiger partial charge in [-0.2, -0.15) is 5.26 Å². The lowest BCUT2D eigenvalue weighted by Gasteiger charge is -2.19. The first kappa shape index (κ1) is 12.5. The van der Waals surface area contributed by atoms with E-state index in [0.717, 1.165) is 15.9 Å². The van der Waals surface area contributed by atoms with Crippen LogP contribution in [-0.2, 0) is 6.54 Å². The zero-order valence-corrected chi connectivity index (χ0v) is 11.4. The van der Waals surface area contributed by atoms with Crippen LogP contribution < -0.4 is 4.90 Å². The summed E-state index contributed by atoms with van der Waals surface area (Å²) in [7, 11) is 1.95. The predicted molar refractivity (Wildman–Crippen MR) is 73.0 cm³/mol. The van der Waals surface area contributed by atoms with Gasteiger partial charge in [-0.25, -0.2) is 9.97 Å². The van der Waals surface area contributed by atoms with Crippen LogP contribution in [0.5, 0.6) is 0 Å². The summed E-state index contributed by atoms with van der Waals surface area (Å²) in [5, 5.41) is 8.87. The maximum absolute atomic E-state index is 8.87. The van der Waals surface area contributed by atoms with E-state index in [-0.39, 0.29) is 0 Å². The first-order valence-corrected chi connectivity index (χ1v) is 6.15. The highest BCUT2D eigenvalue weighted by Crippen LogP contribution is 2.22. The van der Waals surface area contributed by atoms with Crippen molar-refractivity contribution in [3.63, 3.8) is 0 Å². The molecular weight excluding hydrogens is 292 g/mol. The number of hydrogen-bond donors (Lipinski definition) is 0. The van der Waals surface area contributed by atoms with Gasteiger partial charge in [0, 0.05) is 19.8 Å². The maximum atomic E-state index is 8.87. The van der Waals surface area contributed by atoms with Gasteiger partial charge in [-0.15, -0.1) is 0 Å². The van der Waals surface area contributed by atoms with Gasteiger partial charge in [-0.05, 0) is 33.6 Å². The van der Waals surface area contributed by atoms with Crippen LogP contribution in [0, 0.1) is 11.3 Å². The van der Waals surface area contributed by atoms with Crippen molar-refractivity contribution in [2.75, 3.05) is 11.9 Å². The number of hydrogen-bond acceptors (Lipinski definition) is 4. The number of benzene rings is 1. The maximum Gasteiger partial charge on any atom is 0.146 e. The second-order valence-corrected chi connectivity index (χ2v) is 4.72. The molecular formula is C13H11BrN4. The summed E-state index contributed by atoms with van der Waals surface area (Å²) in [4.78, 5) is 10.2. The van der Waals surface area contributed by atoms with Crippen molar-refractivity contribution in [2.24, 2.45) is 0 Å². The Morgan fingerprint density at radius 2 is 2.28 bits per heavy atom. The molecule has 1 aromatic carbocycles. The van der Waals surface area contributed by atoms with Crippen LogP contribution in [-0.4, -0.2) is 17.0 Å². The molecule has 1 heterocycles. The molecule has 0 unspecified atom stereocenters. The second kappa shape index (κ2) is 5.61. The summed E-state index contributed by atoms with van der Waals surface area (Å²) in [6.45, 7) is 0.686. The third-order valence-corrected chi connectivity index (χ3v) is 3.04. The minimum absolute atomic E-state index is 0.669. The normalized spacial score (nSPS) is 9.83. The van der Waals surface area contributed by atoms with E-state index in [1.807, 2.05) is 30.1 Å². The first-order valence-electron chi connectivity index (χ1n) is 5.36. The lowest BCUT2D eigenvalue weighted by molar-refractivity contribution is 0.885. The molecule has 0 saturated heterocycles. The van der Waals surface area contributed by atoms with Crippen molar-refractivity contribution in [3.05, 3.63) is 52.4 Å². The summed E-state index contributed by atoms with van der Waals surface area (Å²) in [5.41, 5.74) is 1.74. The van der Waals surface area contributed by atoms with E-state index in [1.54, 1.807) is 12.3 Å². The molecule has 0 aliphatic carbocycles. The zero-order valence-electron chi connectivity index (χ0n) is 9.84. The van der Waals surface area contributed by atoms with Crippen LogP contribution in [0.15, 0.2) is 41.3 Å². The van der Waals surface area contributed by atoms with Gasteiger partial charge in [0.05, 0.1) is 16.1 Å². The van der Waals surface area contributed by atoms with Gasteiger partial charge in [0.1, 0.15) is 12.1 Å². The average Bonchev–Trinajstić information content (AvgIpc) is 2.39. The molecule has 0 saturated carbocycles. The van der Waals surface area contributed by atoms with Gasteiger partial charge in [-0.3, -0.25) is 0 Å². The van der Waals surface area contributed by atoms with Crippen molar-refractivity contribution in [1.82, 2.24) is 9.97 Å². The molecule has 1 aromatic heterocycles. The lowest BCUT2D eigenvalue weighted by atomic mass is 10.1. The quantitative estimate of drug-likeness (QED) is 0.875. The van der Waals surface area contributed by atoms with Gasteiger partial charge < -0.3 is 4.90 Å². The van der Waals surface area contributed by atoms with Crippen molar-refractivity contribution < 1.29 is 0 Å². The molecule has 0 bridgehead atoms. The third kappa shape index (κ3) is 2.84. The minimum atomic E-state index is 0.669. The van der Waals surface area contributed by atoms with Gasteiger partial charge in [0.2, 0.25) is 0 Å². The molecule has 5 heteroatoms. The summed E-state index contributed by atoms with van der Waals surface area (Å²) in [5.74, 6) is 0.826. The van der Waals surface area contributed by atoms with E-state index < -0.39 is 0 Å². The Hall–Kier alpha value is -1.93. The SMILES string of the molecule is CN(Cc1cccc(C#N)c1)c1ncncc1Br. The number of nitrogens with zero attached hydrogens (tertiary/aromatic N) is 4. The largest absolute Gasteiger partial charge is 0.354 e. The summed E-state index contributed by atoms with van der Waals surface area (Å²) >= 11 is 3.42. The first-order chi connectivity index (χ1) is 8.70. The summed E-state index contributed by atoms with van der Waals surface area (Å²) < 4.78 is 0.851. The van der Waals surface area contributed by atoms with Crippen molar-refractivity contribution >= 4 is 21.7 Å². The highest BCUT2D eigenvalue weighted by Gasteiger charge is 2.07. The fourth-order valence-electron chi connectivity index (χ4n) is 1.68. The van der Waals surface area contributed by atoms with E-state index in [1.165, 1.54) is 6.33 Å².